The van der Waals surface area contributed by atoms with Gasteiger partial charge in [0.1, 0.15) is 18.2 Å². The molecule has 8 nitrogen and oxygen atoms in total. The average Bonchev–Trinajstić information content (AvgIpc) is 3.31. The van der Waals surface area contributed by atoms with Crippen LogP contribution in [0.4, 0.5) is 5.82 Å². The van der Waals surface area contributed by atoms with Crippen molar-refractivity contribution in [2.24, 2.45) is 5.92 Å². The summed E-state index contributed by atoms with van der Waals surface area (Å²) in [5.41, 5.74) is 0.964. The van der Waals surface area contributed by atoms with Gasteiger partial charge in [-0.25, -0.2) is 9.97 Å². The zero-order valence-corrected chi connectivity index (χ0v) is 19.9. The second kappa shape index (κ2) is 14.2. The first-order valence-corrected chi connectivity index (χ1v) is 11.7. The number of anilines is 1. The summed E-state index contributed by atoms with van der Waals surface area (Å²) >= 11 is 0. The number of rotatable bonds is 15. The van der Waals surface area contributed by atoms with E-state index in [1.54, 1.807) is 29.4 Å². The van der Waals surface area contributed by atoms with Crippen molar-refractivity contribution in [3.63, 3.8) is 0 Å². The van der Waals surface area contributed by atoms with E-state index in [9.17, 15) is 4.79 Å². The number of hydrogen-bond acceptors (Lipinski definition) is 6. The second-order valence-electron chi connectivity index (χ2n) is 8.22. The largest absolute Gasteiger partial charge is 0.502 e. The zero-order valence-electron chi connectivity index (χ0n) is 19.9. The molecule has 0 saturated carbocycles. The Hall–Kier alpha value is -2.90. The first-order chi connectivity index (χ1) is 15.5. The van der Waals surface area contributed by atoms with E-state index in [0.717, 1.165) is 18.5 Å². The summed E-state index contributed by atoms with van der Waals surface area (Å²) in [4.78, 5) is 26.3. The summed E-state index contributed by atoms with van der Waals surface area (Å²) < 4.78 is 6.96. The fourth-order valence-corrected chi connectivity index (χ4v) is 3.29. The summed E-state index contributed by atoms with van der Waals surface area (Å²) in [7, 11) is 0. The predicted molar refractivity (Wildman–Crippen MR) is 128 cm³/mol. The van der Waals surface area contributed by atoms with Crippen molar-refractivity contribution >= 4 is 11.7 Å². The molecule has 1 atom stereocenters. The molecular weight excluding hydrogens is 404 g/mol. The Labute approximate surface area is 191 Å². The highest BCUT2D eigenvalue weighted by Crippen LogP contribution is 2.16. The van der Waals surface area contributed by atoms with Gasteiger partial charge in [-0.15, -0.1) is 0 Å². The van der Waals surface area contributed by atoms with Crippen LogP contribution in [0.3, 0.4) is 0 Å². The highest BCUT2D eigenvalue weighted by atomic mass is 16.5. The molecule has 2 heterocycles. The van der Waals surface area contributed by atoms with Crippen LogP contribution in [0.25, 0.3) is 5.95 Å². The summed E-state index contributed by atoms with van der Waals surface area (Å²) in [6.45, 7) is 9.36. The van der Waals surface area contributed by atoms with E-state index in [-0.39, 0.29) is 5.91 Å². The molecule has 8 heteroatoms. The minimum Gasteiger partial charge on any atom is -0.502 e. The van der Waals surface area contributed by atoms with Crippen LogP contribution in [0.2, 0.25) is 0 Å². The number of carbonyl (C=O) groups excluding carboxylic acids is 1. The Balaban J connectivity index is 2.16. The van der Waals surface area contributed by atoms with Gasteiger partial charge in [0.15, 0.2) is 0 Å². The number of aryl methyl sites for hydroxylation is 1. The van der Waals surface area contributed by atoms with E-state index in [1.807, 2.05) is 19.2 Å². The van der Waals surface area contributed by atoms with E-state index in [1.165, 1.54) is 19.3 Å². The normalized spacial score (nSPS) is 12.3. The van der Waals surface area contributed by atoms with Crippen molar-refractivity contribution in [3.05, 3.63) is 42.8 Å². The number of nitrogens with one attached hydrogen (secondary N) is 2. The van der Waals surface area contributed by atoms with Gasteiger partial charge < -0.3 is 15.4 Å². The highest BCUT2D eigenvalue weighted by Gasteiger charge is 2.20. The van der Waals surface area contributed by atoms with Crippen LogP contribution in [0.15, 0.2) is 37.1 Å². The van der Waals surface area contributed by atoms with Crippen LogP contribution in [0.1, 0.15) is 65.5 Å². The number of hydrogen-bond donors (Lipinski definition) is 2. The lowest BCUT2D eigenvalue weighted by molar-refractivity contribution is -0.121. The average molecular weight is 443 g/mol. The molecule has 0 aliphatic rings. The third-order valence-electron chi connectivity index (χ3n) is 4.89. The van der Waals surface area contributed by atoms with E-state index in [4.69, 9.17) is 9.72 Å². The predicted octanol–water partition coefficient (Wildman–Crippen LogP) is 4.28. The molecule has 0 aliphatic heterocycles. The number of imidazole rings is 1. The van der Waals surface area contributed by atoms with E-state index in [2.05, 4.69) is 41.4 Å². The molecule has 0 fully saturated rings. The summed E-state index contributed by atoms with van der Waals surface area (Å²) in [5, 5.41) is 6.30. The van der Waals surface area contributed by atoms with Gasteiger partial charge in [-0.1, -0.05) is 40.0 Å². The van der Waals surface area contributed by atoms with Crippen molar-refractivity contribution in [2.45, 2.75) is 72.3 Å². The van der Waals surface area contributed by atoms with Gasteiger partial charge >= 0.3 is 0 Å². The van der Waals surface area contributed by atoms with Crippen LogP contribution in [0.5, 0.6) is 0 Å². The Morgan fingerprint density at radius 2 is 2.06 bits per heavy atom. The van der Waals surface area contributed by atoms with Gasteiger partial charge in [0.25, 0.3) is 0 Å². The molecule has 1 amide bonds. The molecule has 32 heavy (non-hydrogen) atoms. The minimum atomic E-state index is -0.394. The molecule has 2 aromatic rings. The fourth-order valence-electron chi connectivity index (χ4n) is 3.29. The van der Waals surface area contributed by atoms with E-state index < -0.39 is 6.04 Å². The molecule has 0 bridgehead atoms. The third kappa shape index (κ3) is 9.08. The van der Waals surface area contributed by atoms with Crippen LogP contribution in [0, 0.1) is 5.92 Å². The highest BCUT2D eigenvalue weighted by molar-refractivity contribution is 5.84. The Bertz CT molecular complexity index is 820. The molecule has 0 aromatic carbocycles. The van der Waals surface area contributed by atoms with Crippen molar-refractivity contribution in [1.82, 2.24) is 24.8 Å². The maximum absolute atomic E-state index is 12.9. The summed E-state index contributed by atoms with van der Waals surface area (Å²) in [5.74, 6) is 1.49. The minimum absolute atomic E-state index is 0.0628. The maximum Gasteiger partial charge on any atom is 0.242 e. The number of ether oxygens (including phenoxy) is 1. The summed E-state index contributed by atoms with van der Waals surface area (Å²) in [6, 6.07) is 1.57. The van der Waals surface area contributed by atoms with Gasteiger partial charge in [0.2, 0.25) is 11.9 Å². The quantitative estimate of drug-likeness (QED) is 0.316. The monoisotopic (exact) mass is 442 g/mol. The molecule has 0 aliphatic carbocycles. The zero-order chi connectivity index (χ0) is 23.2. The topological polar surface area (TPSA) is 94.0 Å². The standard InChI is InChI=1S/C24H38N6O2/c1-5-7-8-9-11-20-17-22(29-24(27-20)30-14-13-25-18-30)28-21(16-19(3)4)23(31)26-12-10-15-32-6-2/h10,13-15,17-19,21H,5-9,11-12,16H2,1-4H3,(H,26,31)(H,27,28,29)/b15-10+. The Morgan fingerprint density at radius 3 is 2.75 bits per heavy atom. The SMILES string of the molecule is CCCCCCc1cc(NC(CC(C)C)C(=O)NC/C=C/OCC)nc(-n2ccnc2)n1. The smallest absolute Gasteiger partial charge is 0.242 e. The van der Waals surface area contributed by atoms with Crippen LogP contribution in [-0.4, -0.2) is 44.6 Å². The first-order valence-electron chi connectivity index (χ1n) is 11.7. The molecule has 1 unspecified atom stereocenters. The van der Waals surface area contributed by atoms with E-state index >= 15 is 0 Å². The molecule has 176 valence electrons. The number of nitrogens with zero attached hydrogens (tertiary/aromatic N) is 4. The van der Waals surface area contributed by atoms with E-state index in [0.29, 0.717) is 37.3 Å². The number of aromatic nitrogens is 4. The Kier molecular flexibility index (Phi) is 11.3. The maximum atomic E-state index is 12.9. The molecule has 2 aromatic heterocycles. The number of unbranched alkanes of at least 4 members (excludes halogenated alkanes) is 3. The lowest BCUT2D eigenvalue weighted by atomic mass is 10.0. The third-order valence-corrected chi connectivity index (χ3v) is 4.89. The van der Waals surface area contributed by atoms with Gasteiger partial charge in [-0.2, -0.15) is 4.98 Å². The van der Waals surface area contributed by atoms with Crippen molar-refractivity contribution < 1.29 is 9.53 Å². The van der Waals surface area contributed by atoms with Gasteiger partial charge in [-0.3, -0.25) is 9.36 Å². The van der Waals surface area contributed by atoms with Crippen LogP contribution < -0.4 is 10.6 Å². The van der Waals surface area contributed by atoms with Gasteiger partial charge in [-0.05, 0) is 38.2 Å². The second-order valence-corrected chi connectivity index (χ2v) is 8.22. The molecule has 0 radical (unpaired) electrons. The van der Waals surface area contributed by atoms with Gasteiger partial charge in [0.05, 0.1) is 12.9 Å². The lowest BCUT2D eigenvalue weighted by Gasteiger charge is -2.21. The summed E-state index contributed by atoms with van der Waals surface area (Å²) in [6.07, 6.45) is 14.9. The lowest BCUT2D eigenvalue weighted by Crippen LogP contribution is -2.40. The number of carbonyl (C=O) groups is 1. The number of amides is 1. The molecule has 0 saturated heterocycles. The first kappa shape index (κ1) is 25.4. The van der Waals surface area contributed by atoms with Crippen molar-refractivity contribution in [1.29, 1.82) is 0 Å². The van der Waals surface area contributed by atoms with Crippen LogP contribution in [-0.2, 0) is 16.0 Å². The van der Waals surface area contributed by atoms with Gasteiger partial charge in [0, 0.05) is 30.7 Å². The van der Waals surface area contributed by atoms with Crippen molar-refractivity contribution in [3.8, 4) is 5.95 Å². The van der Waals surface area contributed by atoms with Crippen molar-refractivity contribution in [2.75, 3.05) is 18.5 Å². The molecule has 2 rings (SSSR count). The fraction of sp³-hybridized carbons (Fsp3) is 0.583. The molecular formula is C24H38N6O2. The Morgan fingerprint density at radius 1 is 1.22 bits per heavy atom. The molecule has 2 N–H and O–H groups in total. The van der Waals surface area contributed by atoms with Crippen LogP contribution >= 0.6 is 0 Å². The molecule has 0 spiro atoms.